The maximum Gasteiger partial charge on any atom is 0.307 e. The average Bonchev–Trinajstić information content (AvgIpc) is 2.73. The molecular weight excluding hydrogens is 230 g/mol. The average molecular weight is 253 g/mol. The molecule has 2 rings (SSSR count). The van der Waals surface area contributed by atoms with E-state index >= 15 is 0 Å². The van der Waals surface area contributed by atoms with Crippen LogP contribution in [0.1, 0.15) is 40.5 Å². The number of carbonyl (C=O) groups is 2. The Hall–Kier alpha value is -1.06. The van der Waals surface area contributed by atoms with Crippen molar-refractivity contribution in [1.82, 2.24) is 5.32 Å². The number of hydrogen-bond acceptors (Lipinski definition) is 2. The van der Waals surface area contributed by atoms with Gasteiger partial charge >= 0.3 is 5.97 Å². The Kier molecular flexibility index (Phi) is 3.16. The molecule has 5 atom stereocenters. The fourth-order valence-corrected chi connectivity index (χ4v) is 3.43. The molecule has 2 aliphatic carbocycles. The summed E-state index contributed by atoms with van der Waals surface area (Å²) in [6, 6.07) is 0.221. The Morgan fingerprint density at radius 3 is 2.17 bits per heavy atom. The molecule has 0 aromatic heterocycles. The molecule has 5 unspecified atom stereocenters. The molecule has 2 N–H and O–H groups in total. The molecule has 2 saturated carbocycles. The number of amides is 1. The third-order valence-corrected chi connectivity index (χ3v) is 5.17. The third kappa shape index (κ3) is 2.02. The first-order chi connectivity index (χ1) is 8.26. The molecule has 18 heavy (non-hydrogen) atoms. The van der Waals surface area contributed by atoms with E-state index in [0.29, 0.717) is 11.8 Å². The first-order valence-electron chi connectivity index (χ1n) is 6.80. The molecule has 0 bridgehead atoms. The molecule has 102 valence electrons. The number of hydrogen-bond donors (Lipinski definition) is 2. The molecule has 0 aliphatic heterocycles. The zero-order chi connectivity index (χ0) is 13.7. The van der Waals surface area contributed by atoms with E-state index in [-0.39, 0.29) is 17.9 Å². The molecule has 4 heteroatoms. The molecule has 0 spiro atoms. The van der Waals surface area contributed by atoms with Gasteiger partial charge in [-0.05, 0) is 30.1 Å². The van der Waals surface area contributed by atoms with Crippen LogP contribution in [0, 0.1) is 29.1 Å². The largest absolute Gasteiger partial charge is 0.481 e. The number of carboxylic acid groups (broad SMARTS) is 1. The van der Waals surface area contributed by atoms with Crippen LogP contribution in [-0.4, -0.2) is 23.0 Å². The lowest BCUT2D eigenvalue weighted by Crippen LogP contribution is -2.39. The van der Waals surface area contributed by atoms with E-state index in [4.69, 9.17) is 5.11 Å². The van der Waals surface area contributed by atoms with Gasteiger partial charge in [0.05, 0.1) is 11.8 Å². The minimum absolute atomic E-state index is 0.0710. The minimum atomic E-state index is -0.854. The van der Waals surface area contributed by atoms with Crippen LogP contribution < -0.4 is 5.32 Å². The maximum atomic E-state index is 12.2. The Labute approximate surface area is 108 Å². The third-order valence-electron chi connectivity index (χ3n) is 5.17. The first-order valence-corrected chi connectivity index (χ1v) is 6.80. The van der Waals surface area contributed by atoms with Crippen molar-refractivity contribution in [1.29, 1.82) is 0 Å². The summed E-state index contributed by atoms with van der Waals surface area (Å²) in [7, 11) is 0. The van der Waals surface area contributed by atoms with Crippen LogP contribution in [0.4, 0.5) is 0 Å². The number of rotatable bonds is 3. The van der Waals surface area contributed by atoms with Crippen LogP contribution in [-0.2, 0) is 9.59 Å². The smallest absolute Gasteiger partial charge is 0.307 e. The molecule has 0 saturated heterocycles. The highest BCUT2D eigenvalue weighted by Crippen LogP contribution is 2.58. The molecular formula is C14H23NO3. The first kappa shape index (κ1) is 13.4. The van der Waals surface area contributed by atoms with Crippen LogP contribution in [0.15, 0.2) is 0 Å². The second kappa shape index (κ2) is 4.25. The normalized spacial score (nSPS) is 41.4. The van der Waals surface area contributed by atoms with Crippen LogP contribution in [0.25, 0.3) is 0 Å². The predicted molar refractivity (Wildman–Crippen MR) is 67.9 cm³/mol. The summed E-state index contributed by atoms with van der Waals surface area (Å²) in [5.41, 5.74) is -0.399. The van der Waals surface area contributed by atoms with Crippen molar-refractivity contribution in [2.75, 3.05) is 0 Å². The fraction of sp³-hybridized carbons (Fsp3) is 0.857. The lowest BCUT2D eigenvalue weighted by Gasteiger charge is -2.20. The topological polar surface area (TPSA) is 66.4 Å². The van der Waals surface area contributed by atoms with Crippen LogP contribution >= 0.6 is 0 Å². The van der Waals surface area contributed by atoms with E-state index in [9.17, 15) is 9.59 Å². The van der Waals surface area contributed by atoms with E-state index in [1.54, 1.807) is 0 Å². The van der Waals surface area contributed by atoms with E-state index in [1.807, 2.05) is 13.8 Å². The summed E-state index contributed by atoms with van der Waals surface area (Å²) in [5.74, 6) is -0.687. The Morgan fingerprint density at radius 2 is 1.78 bits per heavy atom. The zero-order valence-corrected chi connectivity index (χ0v) is 11.6. The highest BCUT2D eigenvalue weighted by Gasteiger charge is 2.66. The molecule has 2 aliphatic rings. The zero-order valence-electron chi connectivity index (χ0n) is 11.6. The number of aliphatic carboxylic acids is 1. The lowest BCUT2D eigenvalue weighted by molar-refractivity contribution is -0.140. The van der Waals surface area contributed by atoms with Crippen LogP contribution in [0.3, 0.4) is 0 Å². The van der Waals surface area contributed by atoms with Crippen molar-refractivity contribution in [2.24, 2.45) is 29.1 Å². The minimum Gasteiger partial charge on any atom is -0.481 e. The number of nitrogens with one attached hydrogen (secondary N) is 1. The second-order valence-electron chi connectivity index (χ2n) is 6.64. The highest BCUT2D eigenvalue weighted by molar-refractivity contribution is 5.91. The van der Waals surface area contributed by atoms with Crippen molar-refractivity contribution in [2.45, 2.75) is 46.6 Å². The Morgan fingerprint density at radius 1 is 1.17 bits per heavy atom. The SMILES string of the molecule is CC1CCC(NC(=O)C2C(C(=O)O)C2(C)C)C1C. The van der Waals surface area contributed by atoms with E-state index in [2.05, 4.69) is 19.2 Å². The lowest BCUT2D eigenvalue weighted by atomic mass is 9.97. The van der Waals surface area contributed by atoms with Crippen LogP contribution in [0.2, 0.25) is 0 Å². The van der Waals surface area contributed by atoms with Crippen molar-refractivity contribution in [3.05, 3.63) is 0 Å². The van der Waals surface area contributed by atoms with Gasteiger partial charge in [-0.25, -0.2) is 0 Å². The fourth-order valence-electron chi connectivity index (χ4n) is 3.43. The van der Waals surface area contributed by atoms with Gasteiger partial charge < -0.3 is 10.4 Å². The Balaban J connectivity index is 1.96. The standard InChI is InChI=1S/C14H23NO3/c1-7-5-6-9(8(7)2)15-12(16)10-11(13(17)18)14(10,3)4/h7-11H,5-6H2,1-4H3,(H,15,16)(H,17,18). The molecule has 0 heterocycles. The van der Waals surface area contributed by atoms with E-state index in [1.165, 1.54) is 0 Å². The van der Waals surface area contributed by atoms with Gasteiger partial charge in [0.1, 0.15) is 0 Å². The summed E-state index contributed by atoms with van der Waals surface area (Å²) >= 11 is 0. The van der Waals surface area contributed by atoms with Crippen molar-refractivity contribution >= 4 is 11.9 Å². The summed E-state index contributed by atoms with van der Waals surface area (Å²) in [6.07, 6.45) is 2.15. The van der Waals surface area contributed by atoms with Crippen molar-refractivity contribution < 1.29 is 14.7 Å². The summed E-state index contributed by atoms with van der Waals surface area (Å²) in [5, 5.41) is 12.1. The summed E-state index contributed by atoms with van der Waals surface area (Å²) < 4.78 is 0. The van der Waals surface area contributed by atoms with Gasteiger partial charge in [0.15, 0.2) is 0 Å². The molecule has 0 aromatic carbocycles. The van der Waals surface area contributed by atoms with Gasteiger partial charge in [0, 0.05) is 6.04 Å². The van der Waals surface area contributed by atoms with Gasteiger partial charge in [0.25, 0.3) is 0 Å². The molecule has 0 radical (unpaired) electrons. The van der Waals surface area contributed by atoms with Gasteiger partial charge in [-0.2, -0.15) is 0 Å². The van der Waals surface area contributed by atoms with E-state index < -0.39 is 17.3 Å². The van der Waals surface area contributed by atoms with Gasteiger partial charge in [-0.1, -0.05) is 27.7 Å². The molecule has 1 amide bonds. The second-order valence-corrected chi connectivity index (χ2v) is 6.64. The molecule has 4 nitrogen and oxygen atoms in total. The van der Waals surface area contributed by atoms with Crippen molar-refractivity contribution in [3.8, 4) is 0 Å². The van der Waals surface area contributed by atoms with Gasteiger partial charge in [-0.3, -0.25) is 9.59 Å². The van der Waals surface area contributed by atoms with Gasteiger partial charge in [0.2, 0.25) is 5.91 Å². The highest BCUT2D eigenvalue weighted by atomic mass is 16.4. The predicted octanol–water partition coefficient (Wildman–Crippen LogP) is 1.89. The molecule has 2 fully saturated rings. The van der Waals surface area contributed by atoms with Crippen LogP contribution in [0.5, 0.6) is 0 Å². The van der Waals surface area contributed by atoms with E-state index in [0.717, 1.165) is 12.8 Å². The number of carbonyl (C=O) groups excluding carboxylic acids is 1. The summed E-state index contributed by atoms with van der Waals surface area (Å²) in [4.78, 5) is 23.2. The monoisotopic (exact) mass is 253 g/mol. The maximum absolute atomic E-state index is 12.2. The quantitative estimate of drug-likeness (QED) is 0.807. The van der Waals surface area contributed by atoms with Crippen molar-refractivity contribution in [3.63, 3.8) is 0 Å². The van der Waals surface area contributed by atoms with Gasteiger partial charge in [-0.15, -0.1) is 0 Å². The Bertz CT molecular complexity index is 377. The molecule has 0 aromatic rings. The summed E-state index contributed by atoms with van der Waals surface area (Å²) in [6.45, 7) is 8.08. The number of carboxylic acids is 1.